The van der Waals surface area contributed by atoms with Crippen LogP contribution in [0.4, 0.5) is 5.69 Å². The molecule has 0 saturated carbocycles. The van der Waals surface area contributed by atoms with E-state index in [1.165, 1.54) is 19.2 Å². The number of ether oxygens (including phenoxy) is 2. The summed E-state index contributed by atoms with van der Waals surface area (Å²) in [4.78, 5) is 23.1. The molecule has 0 fully saturated rings. The normalized spacial score (nSPS) is 13.4. The van der Waals surface area contributed by atoms with Gasteiger partial charge < -0.3 is 25.4 Å². The van der Waals surface area contributed by atoms with Gasteiger partial charge in [0.25, 0.3) is 0 Å². The molecule has 0 aromatic heterocycles. The van der Waals surface area contributed by atoms with Crippen LogP contribution in [0.2, 0.25) is 0 Å². The number of aliphatic hydroxyl groups excluding tert-OH is 2. The first-order chi connectivity index (χ1) is 9.83. The van der Waals surface area contributed by atoms with Crippen molar-refractivity contribution in [1.29, 1.82) is 0 Å². The molecule has 116 valence electrons. The van der Waals surface area contributed by atoms with Crippen LogP contribution in [0.1, 0.15) is 34.5 Å². The first-order valence-electron chi connectivity index (χ1n) is 6.34. The molecule has 0 aliphatic rings. The van der Waals surface area contributed by atoms with E-state index in [1.54, 1.807) is 13.8 Å². The number of esters is 2. The molecular formula is C14H19NO6. The summed E-state index contributed by atoms with van der Waals surface area (Å²) in [5, 5.41) is 19.8. The van der Waals surface area contributed by atoms with Crippen molar-refractivity contribution in [2.24, 2.45) is 0 Å². The number of nitrogen functional groups attached to an aromatic ring is 1. The molecule has 0 amide bonds. The highest BCUT2D eigenvalue weighted by Crippen LogP contribution is 2.26. The van der Waals surface area contributed by atoms with Crippen LogP contribution in [0, 0.1) is 6.92 Å². The van der Waals surface area contributed by atoms with E-state index in [-0.39, 0.29) is 23.4 Å². The molecule has 1 rings (SSSR count). The molecule has 1 aromatic carbocycles. The lowest BCUT2D eigenvalue weighted by molar-refractivity contribution is -0.159. The summed E-state index contributed by atoms with van der Waals surface area (Å²) >= 11 is 0. The van der Waals surface area contributed by atoms with Crippen molar-refractivity contribution in [2.75, 3.05) is 19.5 Å². The van der Waals surface area contributed by atoms with Gasteiger partial charge in [-0.25, -0.2) is 9.59 Å². The number of nitrogens with two attached hydrogens (primary N) is 1. The van der Waals surface area contributed by atoms with Gasteiger partial charge in [-0.1, -0.05) is 0 Å². The third-order valence-corrected chi connectivity index (χ3v) is 3.04. The average molecular weight is 297 g/mol. The summed E-state index contributed by atoms with van der Waals surface area (Å²) in [6.45, 7) is 3.28. The maximum absolute atomic E-state index is 11.7. The quantitative estimate of drug-likeness (QED) is 0.529. The second-order valence-electron chi connectivity index (χ2n) is 4.42. The van der Waals surface area contributed by atoms with Gasteiger partial charge in [0, 0.05) is 5.69 Å². The smallest absolute Gasteiger partial charge is 0.338 e. The molecule has 0 bridgehead atoms. The Balaban J connectivity index is 3.16. The Morgan fingerprint density at radius 3 is 2.48 bits per heavy atom. The van der Waals surface area contributed by atoms with E-state index in [2.05, 4.69) is 9.47 Å². The minimum atomic E-state index is -1.77. The van der Waals surface area contributed by atoms with Crippen molar-refractivity contribution in [2.45, 2.75) is 26.1 Å². The van der Waals surface area contributed by atoms with E-state index in [9.17, 15) is 19.8 Å². The van der Waals surface area contributed by atoms with E-state index >= 15 is 0 Å². The highest BCUT2D eigenvalue weighted by Gasteiger charge is 2.28. The van der Waals surface area contributed by atoms with Crippen molar-refractivity contribution < 1.29 is 29.3 Å². The predicted octanol–water partition coefficient (Wildman–Crippen LogP) is 0.321. The van der Waals surface area contributed by atoms with Crippen LogP contribution >= 0.6 is 0 Å². The number of carbonyl (C=O) groups is 2. The summed E-state index contributed by atoms with van der Waals surface area (Å²) in [5.41, 5.74) is 6.78. The van der Waals surface area contributed by atoms with Crippen LogP contribution in [0.15, 0.2) is 12.1 Å². The molecule has 0 radical (unpaired) electrons. The predicted molar refractivity (Wildman–Crippen MR) is 74.5 cm³/mol. The van der Waals surface area contributed by atoms with Gasteiger partial charge in [-0.15, -0.1) is 0 Å². The molecule has 0 aliphatic carbocycles. The summed E-state index contributed by atoms with van der Waals surface area (Å²) in [5.74, 6) is -1.58. The minimum Gasteiger partial charge on any atom is -0.465 e. The van der Waals surface area contributed by atoms with Gasteiger partial charge in [0.15, 0.2) is 6.10 Å². The van der Waals surface area contributed by atoms with Crippen LogP contribution in [-0.2, 0) is 14.3 Å². The molecule has 1 aromatic rings. The van der Waals surface area contributed by atoms with Crippen LogP contribution in [0.3, 0.4) is 0 Å². The van der Waals surface area contributed by atoms with Gasteiger partial charge in [0.2, 0.25) is 0 Å². The van der Waals surface area contributed by atoms with Crippen molar-refractivity contribution >= 4 is 17.6 Å². The fraction of sp³-hybridized carbons (Fsp3) is 0.429. The highest BCUT2D eigenvalue weighted by atomic mass is 16.5. The van der Waals surface area contributed by atoms with Gasteiger partial charge in [-0.05, 0) is 37.1 Å². The molecular weight excluding hydrogens is 278 g/mol. The molecule has 2 atom stereocenters. The zero-order chi connectivity index (χ0) is 16.2. The maximum Gasteiger partial charge on any atom is 0.338 e. The first-order valence-corrected chi connectivity index (χ1v) is 6.34. The number of hydrogen-bond acceptors (Lipinski definition) is 7. The maximum atomic E-state index is 11.7. The van der Waals surface area contributed by atoms with Crippen LogP contribution in [0.25, 0.3) is 0 Å². The second kappa shape index (κ2) is 7.05. The zero-order valence-corrected chi connectivity index (χ0v) is 12.1. The number of carbonyl (C=O) groups excluding carboxylic acids is 2. The minimum absolute atomic E-state index is 0.0755. The standard InChI is InChI=1S/C14H19NO6/c1-4-21-14(19)12(17)11(16)8-5-9(13(18)20-3)7(2)10(15)6-8/h5-6,11-12,16-17H,4,15H2,1-3H3. The molecule has 0 saturated heterocycles. The Labute approximate surface area is 122 Å². The van der Waals surface area contributed by atoms with E-state index in [1.807, 2.05) is 0 Å². The van der Waals surface area contributed by atoms with E-state index in [0.717, 1.165) is 0 Å². The highest BCUT2D eigenvalue weighted by molar-refractivity contribution is 5.93. The third kappa shape index (κ3) is 3.71. The van der Waals surface area contributed by atoms with Gasteiger partial charge in [-0.3, -0.25) is 0 Å². The van der Waals surface area contributed by atoms with Crippen molar-refractivity contribution in [1.82, 2.24) is 0 Å². The largest absolute Gasteiger partial charge is 0.465 e. The van der Waals surface area contributed by atoms with Crippen molar-refractivity contribution in [3.63, 3.8) is 0 Å². The Kier molecular flexibility index (Phi) is 5.69. The molecule has 21 heavy (non-hydrogen) atoms. The number of hydrogen-bond donors (Lipinski definition) is 3. The van der Waals surface area contributed by atoms with Crippen molar-refractivity contribution in [3.05, 3.63) is 28.8 Å². The number of rotatable bonds is 5. The Bertz CT molecular complexity index is 543. The number of methoxy groups -OCH3 is 1. The monoisotopic (exact) mass is 297 g/mol. The van der Waals surface area contributed by atoms with Crippen LogP contribution in [-0.4, -0.2) is 42.0 Å². The third-order valence-electron chi connectivity index (χ3n) is 3.04. The summed E-state index contributed by atoms with van der Waals surface area (Å²) in [6, 6.07) is 2.71. The van der Waals surface area contributed by atoms with Gasteiger partial charge >= 0.3 is 11.9 Å². The molecule has 2 unspecified atom stereocenters. The molecule has 7 heteroatoms. The summed E-state index contributed by atoms with van der Waals surface area (Å²) in [6.07, 6.45) is -3.33. The fourth-order valence-corrected chi connectivity index (χ4v) is 1.79. The topological polar surface area (TPSA) is 119 Å². The van der Waals surface area contributed by atoms with Gasteiger partial charge in [-0.2, -0.15) is 0 Å². The molecule has 0 aliphatic heterocycles. The van der Waals surface area contributed by atoms with E-state index in [4.69, 9.17) is 5.73 Å². The molecule has 0 spiro atoms. The lowest BCUT2D eigenvalue weighted by Crippen LogP contribution is -2.30. The summed E-state index contributed by atoms with van der Waals surface area (Å²) < 4.78 is 9.25. The SMILES string of the molecule is CCOC(=O)C(O)C(O)c1cc(N)c(C)c(C(=O)OC)c1. The first kappa shape index (κ1) is 16.9. The van der Waals surface area contributed by atoms with Crippen LogP contribution < -0.4 is 5.73 Å². The molecule has 4 N–H and O–H groups in total. The lowest BCUT2D eigenvalue weighted by Gasteiger charge is -2.18. The van der Waals surface area contributed by atoms with Gasteiger partial charge in [0.1, 0.15) is 6.10 Å². The van der Waals surface area contributed by atoms with Crippen LogP contribution in [0.5, 0.6) is 0 Å². The Morgan fingerprint density at radius 1 is 1.33 bits per heavy atom. The molecule has 7 nitrogen and oxygen atoms in total. The average Bonchev–Trinajstić information content (AvgIpc) is 2.47. The van der Waals surface area contributed by atoms with E-state index in [0.29, 0.717) is 5.56 Å². The fourth-order valence-electron chi connectivity index (χ4n) is 1.79. The number of anilines is 1. The Morgan fingerprint density at radius 2 is 1.95 bits per heavy atom. The van der Waals surface area contributed by atoms with E-state index < -0.39 is 24.1 Å². The summed E-state index contributed by atoms with van der Waals surface area (Å²) in [7, 11) is 1.22. The molecule has 0 heterocycles. The number of aliphatic hydroxyl groups is 2. The lowest BCUT2D eigenvalue weighted by atomic mass is 9.97. The second-order valence-corrected chi connectivity index (χ2v) is 4.42. The number of benzene rings is 1. The zero-order valence-electron chi connectivity index (χ0n) is 12.1. The van der Waals surface area contributed by atoms with Crippen molar-refractivity contribution in [3.8, 4) is 0 Å². The van der Waals surface area contributed by atoms with Gasteiger partial charge in [0.05, 0.1) is 19.3 Å². The Hall–Kier alpha value is -2.12.